The maximum Gasteiger partial charge on any atom is 0.153 e. The summed E-state index contributed by atoms with van der Waals surface area (Å²) in [5.41, 5.74) is 2.63. The van der Waals surface area contributed by atoms with Crippen LogP contribution in [-0.4, -0.2) is 5.78 Å². The molecule has 0 saturated heterocycles. The van der Waals surface area contributed by atoms with Crippen molar-refractivity contribution < 1.29 is 4.79 Å². The molecule has 0 atom stereocenters. The fourth-order valence-corrected chi connectivity index (χ4v) is 4.97. The first-order chi connectivity index (χ1) is 8.80. The van der Waals surface area contributed by atoms with Crippen molar-refractivity contribution in [1.82, 2.24) is 0 Å². The van der Waals surface area contributed by atoms with E-state index in [2.05, 4.69) is 24.3 Å². The Balaban J connectivity index is 1.97. The smallest absolute Gasteiger partial charge is 0.153 e. The number of ketones is 1. The van der Waals surface area contributed by atoms with E-state index in [4.69, 9.17) is 0 Å². The molecule has 2 saturated carbocycles. The Hall–Kier alpha value is -1.11. The summed E-state index contributed by atoms with van der Waals surface area (Å²) in [6.07, 6.45) is 9.34. The number of carbonyl (C=O) groups excluding carboxylic acids is 1. The van der Waals surface area contributed by atoms with E-state index in [0.717, 1.165) is 25.7 Å². The highest BCUT2D eigenvalue weighted by molar-refractivity contribution is 6.04. The van der Waals surface area contributed by atoms with Gasteiger partial charge in [0.25, 0.3) is 0 Å². The molecule has 0 radical (unpaired) electrons. The zero-order valence-electron chi connectivity index (χ0n) is 10.9. The van der Waals surface area contributed by atoms with Crippen LogP contribution in [-0.2, 0) is 15.6 Å². The van der Waals surface area contributed by atoms with Gasteiger partial charge < -0.3 is 0 Å². The van der Waals surface area contributed by atoms with Gasteiger partial charge in [0.1, 0.15) is 0 Å². The maximum atomic E-state index is 13.2. The number of hydrogen-bond acceptors (Lipinski definition) is 1. The van der Waals surface area contributed by atoms with Gasteiger partial charge in [0.05, 0.1) is 10.8 Å². The molecule has 0 bridgehead atoms. The van der Waals surface area contributed by atoms with Crippen molar-refractivity contribution in [3.05, 3.63) is 35.4 Å². The fourth-order valence-electron chi connectivity index (χ4n) is 4.97. The lowest BCUT2D eigenvalue weighted by Crippen LogP contribution is -2.38. The van der Waals surface area contributed by atoms with Crippen LogP contribution in [0.4, 0.5) is 0 Å². The molecule has 2 spiro atoms. The summed E-state index contributed by atoms with van der Waals surface area (Å²) in [6, 6.07) is 8.73. The predicted octanol–water partition coefficient (Wildman–Crippen LogP) is 3.89. The zero-order valence-corrected chi connectivity index (χ0v) is 10.9. The van der Waals surface area contributed by atoms with Gasteiger partial charge in [-0.1, -0.05) is 49.9 Å². The molecule has 0 N–H and O–H groups in total. The lowest BCUT2D eigenvalue weighted by atomic mass is 9.73. The van der Waals surface area contributed by atoms with E-state index in [1.807, 2.05) is 0 Å². The Morgan fingerprint density at radius 2 is 1.11 bits per heavy atom. The number of Topliss-reactive ketones (excluding diaryl/α,β-unsaturated/α-hetero) is 1. The summed E-state index contributed by atoms with van der Waals surface area (Å²) in [5.74, 6) is 0.589. The first-order valence-electron chi connectivity index (χ1n) is 7.45. The van der Waals surface area contributed by atoms with Gasteiger partial charge in [-0.3, -0.25) is 4.79 Å². The summed E-state index contributed by atoms with van der Waals surface area (Å²) >= 11 is 0. The van der Waals surface area contributed by atoms with Crippen LogP contribution in [0.2, 0.25) is 0 Å². The van der Waals surface area contributed by atoms with E-state index < -0.39 is 0 Å². The van der Waals surface area contributed by atoms with Crippen molar-refractivity contribution in [2.45, 2.75) is 62.2 Å². The van der Waals surface area contributed by atoms with E-state index in [-0.39, 0.29) is 10.8 Å². The minimum Gasteiger partial charge on any atom is -0.298 e. The van der Waals surface area contributed by atoms with Crippen molar-refractivity contribution >= 4 is 5.78 Å². The third kappa shape index (κ3) is 1.07. The number of hydrogen-bond donors (Lipinski definition) is 0. The molecule has 0 heterocycles. The van der Waals surface area contributed by atoms with Crippen LogP contribution in [0, 0.1) is 0 Å². The summed E-state index contributed by atoms with van der Waals surface area (Å²) < 4.78 is 0. The molecular weight excluding hydrogens is 220 g/mol. The fraction of sp³-hybridized carbons (Fsp3) is 0.588. The van der Waals surface area contributed by atoms with E-state index in [0.29, 0.717) is 5.78 Å². The van der Waals surface area contributed by atoms with Crippen molar-refractivity contribution in [1.29, 1.82) is 0 Å². The van der Waals surface area contributed by atoms with Crippen LogP contribution in [0.15, 0.2) is 24.3 Å². The van der Waals surface area contributed by atoms with Crippen LogP contribution in [0.5, 0.6) is 0 Å². The minimum absolute atomic E-state index is 0.0824. The van der Waals surface area contributed by atoms with Crippen LogP contribution in [0.25, 0.3) is 0 Å². The first kappa shape index (κ1) is 10.8. The van der Waals surface area contributed by atoms with E-state index in [1.165, 1.54) is 36.8 Å². The SMILES string of the molecule is O=C1C2(CCCC2)c2ccccc2C12CCCC2. The summed E-state index contributed by atoms with van der Waals surface area (Å²) in [5, 5.41) is 0. The standard InChI is InChI=1S/C17H20O/c18-15-16(9-3-4-10-16)13-7-1-2-8-14(13)17(15)11-5-6-12-17/h1-2,7-8H,3-6,9-12H2. The average molecular weight is 240 g/mol. The Morgan fingerprint density at radius 3 is 1.50 bits per heavy atom. The van der Waals surface area contributed by atoms with Crippen LogP contribution in [0.1, 0.15) is 62.5 Å². The van der Waals surface area contributed by atoms with Gasteiger partial charge in [-0.25, -0.2) is 0 Å². The lowest BCUT2D eigenvalue weighted by molar-refractivity contribution is -0.128. The summed E-state index contributed by atoms with van der Waals surface area (Å²) in [4.78, 5) is 13.2. The van der Waals surface area contributed by atoms with Gasteiger partial charge in [-0.05, 0) is 36.8 Å². The topological polar surface area (TPSA) is 17.1 Å². The van der Waals surface area contributed by atoms with E-state index >= 15 is 0 Å². The number of benzene rings is 1. The highest BCUT2D eigenvalue weighted by atomic mass is 16.1. The predicted molar refractivity (Wildman–Crippen MR) is 71.7 cm³/mol. The minimum atomic E-state index is -0.0824. The Morgan fingerprint density at radius 1 is 0.722 bits per heavy atom. The number of carbonyl (C=O) groups is 1. The molecule has 3 aliphatic carbocycles. The van der Waals surface area contributed by atoms with Gasteiger partial charge >= 0.3 is 0 Å². The van der Waals surface area contributed by atoms with Gasteiger partial charge in [-0.2, -0.15) is 0 Å². The second-order valence-electron chi connectivity index (χ2n) is 6.45. The molecular formula is C17H20O. The molecule has 1 aromatic rings. The van der Waals surface area contributed by atoms with Gasteiger partial charge in [-0.15, -0.1) is 0 Å². The third-order valence-corrected chi connectivity index (χ3v) is 5.74. The van der Waals surface area contributed by atoms with Gasteiger partial charge in [0.15, 0.2) is 5.78 Å². The maximum absolute atomic E-state index is 13.2. The zero-order chi connectivity index (χ0) is 12.2. The van der Waals surface area contributed by atoms with E-state index in [1.54, 1.807) is 0 Å². The lowest BCUT2D eigenvalue weighted by Gasteiger charge is -2.27. The number of fused-ring (bicyclic) bond motifs is 3. The molecule has 1 heteroatoms. The molecule has 0 unspecified atom stereocenters. The molecule has 0 aromatic heterocycles. The molecule has 1 aromatic carbocycles. The van der Waals surface area contributed by atoms with E-state index in [9.17, 15) is 4.79 Å². The summed E-state index contributed by atoms with van der Waals surface area (Å²) in [7, 11) is 0. The molecule has 1 nitrogen and oxygen atoms in total. The van der Waals surface area contributed by atoms with Crippen LogP contribution < -0.4 is 0 Å². The third-order valence-electron chi connectivity index (χ3n) is 5.74. The quantitative estimate of drug-likeness (QED) is 0.672. The largest absolute Gasteiger partial charge is 0.298 e. The van der Waals surface area contributed by atoms with Crippen molar-refractivity contribution in [3.8, 4) is 0 Å². The monoisotopic (exact) mass is 240 g/mol. The van der Waals surface area contributed by atoms with Gasteiger partial charge in [0.2, 0.25) is 0 Å². The number of rotatable bonds is 0. The van der Waals surface area contributed by atoms with Crippen molar-refractivity contribution in [2.24, 2.45) is 0 Å². The van der Waals surface area contributed by atoms with Crippen molar-refractivity contribution in [3.63, 3.8) is 0 Å². The highest BCUT2D eigenvalue weighted by Gasteiger charge is 2.60. The molecule has 18 heavy (non-hydrogen) atoms. The molecule has 0 amide bonds. The van der Waals surface area contributed by atoms with Gasteiger partial charge in [0, 0.05) is 0 Å². The molecule has 4 rings (SSSR count). The summed E-state index contributed by atoms with van der Waals surface area (Å²) in [6.45, 7) is 0. The van der Waals surface area contributed by atoms with Crippen LogP contribution >= 0.6 is 0 Å². The highest BCUT2D eigenvalue weighted by Crippen LogP contribution is 2.59. The first-order valence-corrected chi connectivity index (χ1v) is 7.45. The normalized spacial score (nSPS) is 27.2. The Labute approximate surface area is 109 Å². The van der Waals surface area contributed by atoms with Crippen LogP contribution in [0.3, 0.4) is 0 Å². The van der Waals surface area contributed by atoms with Crippen molar-refractivity contribution in [2.75, 3.05) is 0 Å². The molecule has 2 fully saturated rings. The second-order valence-corrected chi connectivity index (χ2v) is 6.45. The Kier molecular flexibility index (Phi) is 2.07. The Bertz CT molecular complexity index is 457. The average Bonchev–Trinajstić information content (AvgIpc) is 3.12. The second kappa shape index (κ2) is 3.46. The molecule has 0 aliphatic heterocycles. The molecule has 94 valence electrons. The molecule has 3 aliphatic rings.